The number of halogens is 2. The number of anilines is 1. The zero-order chi connectivity index (χ0) is 16.2. The Labute approximate surface area is 124 Å². The first kappa shape index (κ1) is 15.1. The third-order valence-electron chi connectivity index (χ3n) is 3.98. The maximum atomic E-state index is 14.9. The molecule has 3 heterocycles. The van der Waals surface area contributed by atoms with E-state index in [0.29, 0.717) is 0 Å². The summed E-state index contributed by atoms with van der Waals surface area (Å²) in [6.07, 6.45) is -3.04. The second-order valence-electron chi connectivity index (χ2n) is 5.63. The molecule has 4 N–H and O–H groups in total. The molecule has 1 fully saturated rings. The topological polar surface area (TPSA) is 106 Å². The number of ether oxygens (including phenoxy) is 1. The highest BCUT2D eigenvalue weighted by molar-refractivity contribution is 5.86. The van der Waals surface area contributed by atoms with Gasteiger partial charge < -0.3 is 20.7 Å². The molecule has 1 unspecified atom stereocenters. The van der Waals surface area contributed by atoms with Gasteiger partial charge in [0.2, 0.25) is 0 Å². The lowest BCUT2D eigenvalue weighted by Crippen LogP contribution is -2.42. The minimum Gasteiger partial charge on any atom is -0.391 e. The number of nitrogen functional groups attached to an aromatic ring is 1. The van der Waals surface area contributed by atoms with Crippen molar-refractivity contribution >= 4 is 16.9 Å². The van der Waals surface area contributed by atoms with Gasteiger partial charge in [0.1, 0.15) is 24.4 Å². The summed E-state index contributed by atoms with van der Waals surface area (Å²) in [7, 11) is 0. The molecular formula is C13H16F2N4O3. The number of hydrogen-bond acceptors (Lipinski definition) is 6. The van der Waals surface area contributed by atoms with E-state index < -0.39 is 36.0 Å². The van der Waals surface area contributed by atoms with Crippen LogP contribution in [0.4, 0.5) is 14.6 Å². The molecule has 22 heavy (non-hydrogen) atoms. The zero-order valence-electron chi connectivity index (χ0n) is 11.9. The predicted molar refractivity (Wildman–Crippen MR) is 73.0 cm³/mol. The van der Waals surface area contributed by atoms with Crippen LogP contribution in [0.1, 0.15) is 20.1 Å². The molecule has 3 rings (SSSR count). The summed E-state index contributed by atoms with van der Waals surface area (Å²) in [5, 5.41) is 19.6. The van der Waals surface area contributed by atoms with Crippen LogP contribution in [0.25, 0.3) is 11.0 Å². The second kappa shape index (κ2) is 4.83. The van der Waals surface area contributed by atoms with E-state index in [-0.39, 0.29) is 16.9 Å². The summed E-state index contributed by atoms with van der Waals surface area (Å²) >= 11 is 0. The van der Waals surface area contributed by atoms with Crippen LogP contribution in [0.5, 0.6) is 0 Å². The summed E-state index contributed by atoms with van der Waals surface area (Å²) < 4.78 is 35.5. The molecule has 2 aromatic heterocycles. The van der Waals surface area contributed by atoms with Crippen molar-refractivity contribution in [3.05, 3.63) is 18.3 Å². The highest BCUT2D eigenvalue weighted by Gasteiger charge is 2.56. The summed E-state index contributed by atoms with van der Waals surface area (Å²) in [5.74, 6) is -0.796. The molecule has 0 amide bonds. The number of aliphatic hydroxyl groups excluding tert-OH is 2. The molecule has 2 aromatic rings. The molecule has 0 spiro atoms. The SMILES string of the molecule is C[C@H](O)C1O[C@@H](n2cc(F)c3c(N)ncnc32)[C@](C)(F)[C@@H]1O. The fraction of sp³-hybridized carbons (Fsp3) is 0.538. The van der Waals surface area contributed by atoms with Gasteiger partial charge in [-0.1, -0.05) is 0 Å². The fourth-order valence-electron chi connectivity index (χ4n) is 2.78. The predicted octanol–water partition coefficient (Wildman–Crippen LogP) is 0.520. The number of fused-ring (bicyclic) bond motifs is 1. The lowest BCUT2D eigenvalue weighted by molar-refractivity contribution is -0.0795. The molecule has 1 aliphatic heterocycles. The molecular weight excluding hydrogens is 298 g/mol. The number of rotatable bonds is 2. The van der Waals surface area contributed by atoms with Gasteiger partial charge in [-0.2, -0.15) is 0 Å². The van der Waals surface area contributed by atoms with Gasteiger partial charge in [0, 0.05) is 6.20 Å². The van der Waals surface area contributed by atoms with Crippen molar-refractivity contribution < 1.29 is 23.7 Å². The number of nitrogens with zero attached hydrogens (tertiary/aromatic N) is 3. The number of alkyl halides is 1. The van der Waals surface area contributed by atoms with Gasteiger partial charge in [-0.05, 0) is 13.8 Å². The van der Waals surface area contributed by atoms with Crippen molar-refractivity contribution in [3.8, 4) is 0 Å². The normalized spacial score (nSPS) is 33.5. The Morgan fingerprint density at radius 2 is 2.18 bits per heavy atom. The van der Waals surface area contributed by atoms with Crippen LogP contribution in [-0.4, -0.2) is 48.7 Å². The van der Waals surface area contributed by atoms with Gasteiger partial charge >= 0.3 is 0 Å². The van der Waals surface area contributed by atoms with Crippen LogP contribution in [0.2, 0.25) is 0 Å². The quantitative estimate of drug-likeness (QED) is 0.746. The maximum Gasteiger partial charge on any atom is 0.181 e. The summed E-state index contributed by atoms with van der Waals surface area (Å²) in [6, 6.07) is 0. The Morgan fingerprint density at radius 3 is 2.77 bits per heavy atom. The van der Waals surface area contributed by atoms with E-state index in [1.807, 2.05) is 0 Å². The zero-order valence-corrected chi connectivity index (χ0v) is 11.9. The number of nitrogens with two attached hydrogens (primary N) is 1. The van der Waals surface area contributed by atoms with E-state index in [0.717, 1.165) is 24.0 Å². The van der Waals surface area contributed by atoms with E-state index in [2.05, 4.69) is 9.97 Å². The summed E-state index contributed by atoms with van der Waals surface area (Å²) in [6.45, 7) is 2.50. The minimum atomic E-state index is -2.25. The highest BCUT2D eigenvalue weighted by Crippen LogP contribution is 2.44. The number of aliphatic hydroxyl groups is 2. The van der Waals surface area contributed by atoms with Gasteiger partial charge in [-0.3, -0.25) is 4.57 Å². The average molecular weight is 314 g/mol. The van der Waals surface area contributed by atoms with Gasteiger partial charge in [-0.25, -0.2) is 18.7 Å². The molecule has 0 aliphatic carbocycles. The molecule has 0 saturated carbocycles. The van der Waals surface area contributed by atoms with Crippen LogP contribution in [0.15, 0.2) is 12.5 Å². The highest BCUT2D eigenvalue weighted by atomic mass is 19.1. The van der Waals surface area contributed by atoms with Gasteiger partial charge in [0.05, 0.1) is 11.5 Å². The first-order chi connectivity index (χ1) is 10.2. The number of aromatic nitrogens is 3. The van der Waals surface area contributed by atoms with Crippen LogP contribution in [0.3, 0.4) is 0 Å². The molecule has 0 radical (unpaired) electrons. The Hall–Kier alpha value is -1.84. The molecule has 1 aliphatic rings. The lowest BCUT2D eigenvalue weighted by atomic mass is 9.96. The van der Waals surface area contributed by atoms with E-state index >= 15 is 0 Å². The first-order valence-corrected chi connectivity index (χ1v) is 6.72. The Morgan fingerprint density at radius 1 is 1.50 bits per heavy atom. The lowest BCUT2D eigenvalue weighted by Gasteiger charge is -2.25. The third-order valence-corrected chi connectivity index (χ3v) is 3.98. The molecule has 120 valence electrons. The van der Waals surface area contributed by atoms with E-state index in [4.69, 9.17) is 10.5 Å². The van der Waals surface area contributed by atoms with Crippen molar-refractivity contribution in [2.45, 2.75) is 44.1 Å². The fourth-order valence-corrected chi connectivity index (χ4v) is 2.78. The van der Waals surface area contributed by atoms with E-state index in [1.54, 1.807) is 0 Å². The third kappa shape index (κ3) is 1.97. The van der Waals surface area contributed by atoms with Crippen LogP contribution in [0, 0.1) is 5.82 Å². The van der Waals surface area contributed by atoms with Crippen molar-refractivity contribution in [1.29, 1.82) is 0 Å². The molecule has 0 bridgehead atoms. The molecule has 5 atom stereocenters. The summed E-state index contributed by atoms with van der Waals surface area (Å²) in [4.78, 5) is 7.60. The van der Waals surface area contributed by atoms with Gasteiger partial charge in [0.15, 0.2) is 23.4 Å². The van der Waals surface area contributed by atoms with E-state index in [9.17, 15) is 19.0 Å². The minimum absolute atomic E-state index is 0.0445. The van der Waals surface area contributed by atoms with Crippen LogP contribution < -0.4 is 5.73 Å². The Bertz CT molecular complexity index is 719. The average Bonchev–Trinajstić information content (AvgIpc) is 2.87. The number of hydrogen-bond donors (Lipinski definition) is 3. The summed E-state index contributed by atoms with van der Waals surface area (Å²) in [5.41, 5.74) is 3.41. The maximum absolute atomic E-state index is 14.9. The molecule has 9 heteroatoms. The largest absolute Gasteiger partial charge is 0.391 e. The molecule has 7 nitrogen and oxygen atoms in total. The van der Waals surface area contributed by atoms with Gasteiger partial charge in [-0.15, -0.1) is 0 Å². The first-order valence-electron chi connectivity index (χ1n) is 6.72. The van der Waals surface area contributed by atoms with Crippen LogP contribution >= 0.6 is 0 Å². The second-order valence-corrected chi connectivity index (χ2v) is 5.63. The van der Waals surface area contributed by atoms with Crippen molar-refractivity contribution in [1.82, 2.24) is 14.5 Å². The van der Waals surface area contributed by atoms with Gasteiger partial charge in [0.25, 0.3) is 0 Å². The van der Waals surface area contributed by atoms with Crippen molar-refractivity contribution in [2.75, 3.05) is 5.73 Å². The van der Waals surface area contributed by atoms with Crippen LogP contribution in [-0.2, 0) is 4.74 Å². The molecule has 0 aromatic carbocycles. The van der Waals surface area contributed by atoms with Crippen molar-refractivity contribution in [3.63, 3.8) is 0 Å². The standard InChI is InChI=1S/C13H16F2N4O3/c1-5(20)8-9(21)13(2,15)12(22-8)19-3-6(14)7-10(16)17-4-18-11(7)19/h3-5,8-9,12,20-21H,1-2H3,(H2,16,17,18)/t5-,8?,9+,12+,13+/m0/s1. The Balaban J connectivity index is 2.14. The van der Waals surface area contributed by atoms with Crippen molar-refractivity contribution in [2.24, 2.45) is 0 Å². The van der Waals surface area contributed by atoms with E-state index in [1.165, 1.54) is 6.92 Å². The Kier molecular flexibility index (Phi) is 3.31. The monoisotopic (exact) mass is 314 g/mol. The molecule has 1 saturated heterocycles. The smallest absolute Gasteiger partial charge is 0.181 e.